The fraction of sp³-hybridized carbons (Fsp3) is 1.00. The molecule has 0 spiro atoms. The summed E-state index contributed by atoms with van der Waals surface area (Å²) in [4.78, 5) is 0. The van der Waals surface area contributed by atoms with Gasteiger partial charge in [-0.2, -0.15) is 11.8 Å². The van der Waals surface area contributed by atoms with Crippen LogP contribution in [-0.4, -0.2) is 33.3 Å². The Bertz CT molecular complexity index is 159. The summed E-state index contributed by atoms with van der Waals surface area (Å²) in [6, 6.07) is 1.12. The lowest BCUT2D eigenvalue weighted by Crippen LogP contribution is -2.38. The Morgan fingerprint density at radius 3 is 2.12 bits per heavy atom. The van der Waals surface area contributed by atoms with Crippen molar-refractivity contribution in [3.05, 3.63) is 0 Å². The second kappa shape index (κ2) is 9.51. The molecule has 0 radical (unpaired) electrons. The molecular formula is C12H28O2SSi. The Hall–Kier alpha value is 0.487. The van der Waals surface area contributed by atoms with Crippen LogP contribution in [0.15, 0.2) is 0 Å². The zero-order chi connectivity index (χ0) is 12.4. The van der Waals surface area contributed by atoms with Gasteiger partial charge >= 0.3 is 8.56 Å². The van der Waals surface area contributed by atoms with E-state index in [1.807, 2.05) is 11.8 Å². The number of thioether (sulfide) groups is 1. The van der Waals surface area contributed by atoms with Crippen LogP contribution < -0.4 is 0 Å². The minimum atomic E-state index is -1.84. The van der Waals surface area contributed by atoms with Gasteiger partial charge in [-0.3, -0.25) is 0 Å². The highest BCUT2D eigenvalue weighted by Gasteiger charge is 2.29. The first kappa shape index (κ1) is 16.5. The van der Waals surface area contributed by atoms with Gasteiger partial charge in [0.05, 0.1) is 0 Å². The standard InChI is InChI=1S/C12H28O2SSi/c1-6-13-16(5,14-7-2)10-8-9-15-11-12(3)4/h12H,6-11H2,1-5H3. The van der Waals surface area contributed by atoms with Crippen molar-refractivity contribution >= 4 is 20.3 Å². The van der Waals surface area contributed by atoms with Crippen molar-refractivity contribution in [3.63, 3.8) is 0 Å². The summed E-state index contributed by atoms with van der Waals surface area (Å²) in [5, 5.41) is 0. The van der Waals surface area contributed by atoms with Crippen molar-refractivity contribution in [2.45, 2.75) is 46.7 Å². The van der Waals surface area contributed by atoms with E-state index < -0.39 is 8.56 Å². The summed E-state index contributed by atoms with van der Waals surface area (Å²) in [6.07, 6.45) is 1.22. The van der Waals surface area contributed by atoms with Crippen LogP contribution in [-0.2, 0) is 8.85 Å². The first-order valence-electron chi connectivity index (χ1n) is 6.39. The van der Waals surface area contributed by atoms with Crippen LogP contribution in [0.5, 0.6) is 0 Å². The Balaban J connectivity index is 3.67. The predicted molar refractivity (Wildman–Crippen MR) is 76.5 cm³/mol. The monoisotopic (exact) mass is 264 g/mol. The molecule has 0 aromatic rings. The molecule has 98 valence electrons. The van der Waals surface area contributed by atoms with E-state index in [9.17, 15) is 0 Å². The van der Waals surface area contributed by atoms with E-state index >= 15 is 0 Å². The molecule has 0 N–H and O–H groups in total. The third-order valence-electron chi connectivity index (χ3n) is 2.27. The summed E-state index contributed by atoms with van der Waals surface area (Å²) < 4.78 is 11.6. The van der Waals surface area contributed by atoms with Crippen molar-refractivity contribution in [3.8, 4) is 0 Å². The lowest BCUT2D eigenvalue weighted by molar-refractivity contribution is 0.189. The summed E-state index contributed by atoms with van der Waals surface area (Å²) in [5.41, 5.74) is 0. The predicted octanol–water partition coefficient (Wildman–Crippen LogP) is 3.91. The molecule has 0 heterocycles. The number of hydrogen-bond donors (Lipinski definition) is 0. The van der Waals surface area contributed by atoms with E-state index in [4.69, 9.17) is 8.85 Å². The van der Waals surface area contributed by atoms with Gasteiger partial charge in [0.1, 0.15) is 0 Å². The molecule has 2 nitrogen and oxygen atoms in total. The Morgan fingerprint density at radius 2 is 1.69 bits per heavy atom. The third kappa shape index (κ3) is 8.62. The SMILES string of the molecule is CCO[Si](C)(CCCSCC(C)C)OCC. The van der Waals surface area contributed by atoms with Gasteiger partial charge in [0.15, 0.2) is 0 Å². The lowest BCUT2D eigenvalue weighted by Gasteiger charge is -2.25. The maximum atomic E-state index is 5.80. The fourth-order valence-electron chi connectivity index (χ4n) is 1.61. The summed E-state index contributed by atoms with van der Waals surface area (Å²) >= 11 is 2.05. The van der Waals surface area contributed by atoms with Crippen LogP contribution in [0.1, 0.15) is 34.1 Å². The second-order valence-corrected chi connectivity index (χ2v) is 9.07. The molecule has 0 atom stereocenters. The maximum Gasteiger partial charge on any atom is 0.334 e. The van der Waals surface area contributed by atoms with Gasteiger partial charge in [0, 0.05) is 13.2 Å². The van der Waals surface area contributed by atoms with Crippen molar-refractivity contribution < 1.29 is 8.85 Å². The first-order valence-corrected chi connectivity index (χ1v) is 10.1. The van der Waals surface area contributed by atoms with Crippen molar-refractivity contribution in [1.82, 2.24) is 0 Å². The van der Waals surface area contributed by atoms with Crippen molar-refractivity contribution in [2.24, 2.45) is 5.92 Å². The van der Waals surface area contributed by atoms with Gasteiger partial charge < -0.3 is 8.85 Å². The summed E-state index contributed by atoms with van der Waals surface area (Å²) in [7, 11) is -1.84. The van der Waals surface area contributed by atoms with Crippen LogP contribution in [0.3, 0.4) is 0 Å². The molecule has 0 saturated carbocycles. The fourth-order valence-corrected chi connectivity index (χ4v) is 5.27. The molecular weight excluding hydrogens is 236 g/mol. The van der Waals surface area contributed by atoms with E-state index in [1.54, 1.807) is 0 Å². The normalized spacial score (nSPS) is 12.4. The molecule has 16 heavy (non-hydrogen) atoms. The highest BCUT2D eigenvalue weighted by atomic mass is 32.2. The number of hydrogen-bond acceptors (Lipinski definition) is 3. The molecule has 0 unspecified atom stereocenters. The van der Waals surface area contributed by atoms with Crippen molar-refractivity contribution in [1.29, 1.82) is 0 Å². The van der Waals surface area contributed by atoms with E-state index in [2.05, 4.69) is 34.2 Å². The van der Waals surface area contributed by atoms with Gasteiger partial charge in [0.2, 0.25) is 0 Å². The largest absolute Gasteiger partial charge is 0.395 e. The average Bonchev–Trinajstić information content (AvgIpc) is 2.17. The smallest absolute Gasteiger partial charge is 0.334 e. The average molecular weight is 265 g/mol. The molecule has 0 bridgehead atoms. The molecule has 0 saturated heterocycles. The quantitative estimate of drug-likeness (QED) is 0.440. The lowest BCUT2D eigenvalue weighted by atomic mass is 10.3. The molecule has 0 aromatic heterocycles. The molecule has 0 rings (SSSR count). The van der Waals surface area contributed by atoms with E-state index in [-0.39, 0.29) is 0 Å². The highest BCUT2D eigenvalue weighted by molar-refractivity contribution is 7.99. The number of rotatable bonds is 10. The minimum absolute atomic E-state index is 0.780. The zero-order valence-electron chi connectivity index (χ0n) is 11.5. The van der Waals surface area contributed by atoms with Crippen LogP contribution in [0.25, 0.3) is 0 Å². The van der Waals surface area contributed by atoms with E-state index in [0.717, 1.165) is 25.2 Å². The molecule has 4 heteroatoms. The van der Waals surface area contributed by atoms with Crippen LogP contribution >= 0.6 is 11.8 Å². The molecule has 0 amide bonds. The first-order chi connectivity index (χ1) is 7.54. The van der Waals surface area contributed by atoms with Crippen LogP contribution in [0.2, 0.25) is 12.6 Å². The van der Waals surface area contributed by atoms with Crippen LogP contribution in [0.4, 0.5) is 0 Å². The van der Waals surface area contributed by atoms with Gasteiger partial charge in [-0.15, -0.1) is 0 Å². The molecule has 0 aliphatic carbocycles. The maximum absolute atomic E-state index is 5.80. The van der Waals surface area contributed by atoms with Crippen molar-refractivity contribution in [2.75, 3.05) is 24.7 Å². The molecule has 0 fully saturated rings. The van der Waals surface area contributed by atoms with Gasteiger partial charge in [0.25, 0.3) is 0 Å². The highest BCUT2D eigenvalue weighted by Crippen LogP contribution is 2.18. The third-order valence-corrected chi connectivity index (χ3v) is 6.81. The van der Waals surface area contributed by atoms with Gasteiger partial charge in [-0.25, -0.2) is 0 Å². The van der Waals surface area contributed by atoms with E-state index in [0.29, 0.717) is 0 Å². The van der Waals surface area contributed by atoms with Crippen LogP contribution in [0, 0.1) is 5.92 Å². The summed E-state index contributed by atoms with van der Waals surface area (Å²) in [6.45, 7) is 12.4. The molecule has 0 aliphatic rings. The Labute approximate surface area is 107 Å². The second-order valence-electron chi connectivity index (χ2n) is 4.57. The Kier molecular flexibility index (Phi) is 9.80. The summed E-state index contributed by atoms with van der Waals surface area (Å²) in [5.74, 6) is 3.30. The minimum Gasteiger partial charge on any atom is -0.395 e. The van der Waals surface area contributed by atoms with Gasteiger partial charge in [-0.05, 0) is 50.3 Å². The van der Waals surface area contributed by atoms with Gasteiger partial charge in [-0.1, -0.05) is 13.8 Å². The topological polar surface area (TPSA) is 18.5 Å². The zero-order valence-corrected chi connectivity index (χ0v) is 13.4. The Morgan fingerprint density at radius 1 is 1.12 bits per heavy atom. The molecule has 0 aromatic carbocycles. The van der Waals surface area contributed by atoms with E-state index in [1.165, 1.54) is 17.9 Å². The molecule has 0 aliphatic heterocycles.